The molecule has 1 unspecified atom stereocenters. The Balaban J connectivity index is 3.11. The van der Waals surface area contributed by atoms with E-state index in [4.69, 9.17) is 14.2 Å². The van der Waals surface area contributed by atoms with Crippen molar-refractivity contribution in [2.45, 2.75) is 53.9 Å². The summed E-state index contributed by atoms with van der Waals surface area (Å²) in [6, 6.07) is 8.27. The molecule has 0 heterocycles. The standard InChI is InChI=1S/C25H33NO7/c1-23(2,3)20(28)24(4,5)15-33-19(27)17-11-9-10-16(12-17)18(14-26)13-25(6,21(29)31-7)22(30)32-8/h9-12,18H,13,15H2,1-8H3. The quantitative estimate of drug-likeness (QED) is 0.310. The largest absolute Gasteiger partial charge is 0.468 e. The third kappa shape index (κ3) is 6.64. The van der Waals surface area contributed by atoms with Gasteiger partial charge in [0.05, 0.1) is 37.2 Å². The highest BCUT2D eigenvalue weighted by atomic mass is 16.5. The highest BCUT2D eigenvalue weighted by Gasteiger charge is 2.46. The number of nitrogens with zero attached hydrogens (tertiary/aromatic N) is 1. The molecule has 0 amide bonds. The highest BCUT2D eigenvalue weighted by Crippen LogP contribution is 2.35. The van der Waals surface area contributed by atoms with E-state index in [-0.39, 0.29) is 24.4 Å². The van der Waals surface area contributed by atoms with E-state index >= 15 is 0 Å². The van der Waals surface area contributed by atoms with Crippen molar-refractivity contribution in [3.8, 4) is 6.07 Å². The molecular weight excluding hydrogens is 426 g/mol. The van der Waals surface area contributed by atoms with Crippen LogP contribution in [0.15, 0.2) is 24.3 Å². The number of hydrogen-bond donors (Lipinski definition) is 0. The molecule has 0 saturated carbocycles. The molecular formula is C25H33NO7. The Morgan fingerprint density at radius 3 is 1.97 bits per heavy atom. The molecule has 0 N–H and O–H groups in total. The van der Waals surface area contributed by atoms with Crippen LogP contribution in [-0.4, -0.2) is 44.5 Å². The average Bonchev–Trinajstić information content (AvgIpc) is 2.78. The van der Waals surface area contributed by atoms with Gasteiger partial charge in [-0.05, 0) is 44.9 Å². The smallest absolute Gasteiger partial charge is 0.338 e. The van der Waals surface area contributed by atoms with Gasteiger partial charge in [0.2, 0.25) is 0 Å². The summed E-state index contributed by atoms with van der Waals surface area (Å²) in [6.07, 6.45) is -0.200. The van der Waals surface area contributed by atoms with Crippen LogP contribution in [0.4, 0.5) is 0 Å². The summed E-state index contributed by atoms with van der Waals surface area (Å²) in [5.74, 6) is -3.23. The monoisotopic (exact) mass is 459 g/mol. The first-order valence-electron chi connectivity index (χ1n) is 10.5. The summed E-state index contributed by atoms with van der Waals surface area (Å²) >= 11 is 0. The van der Waals surface area contributed by atoms with Gasteiger partial charge in [0.15, 0.2) is 5.41 Å². The Hall–Kier alpha value is -3.21. The maximum Gasteiger partial charge on any atom is 0.338 e. The maximum absolute atomic E-state index is 12.7. The van der Waals surface area contributed by atoms with Gasteiger partial charge in [-0.15, -0.1) is 0 Å². The zero-order chi connectivity index (χ0) is 25.6. The SMILES string of the molecule is COC(=O)C(C)(CC(C#N)c1cccc(C(=O)OCC(C)(C)C(=O)C(C)(C)C)c1)C(=O)OC. The van der Waals surface area contributed by atoms with Crippen molar-refractivity contribution < 1.29 is 33.4 Å². The molecule has 0 radical (unpaired) electrons. The Morgan fingerprint density at radius 2 is 1.52 bits per heavy atom. The van der Waals surface area contributed by atoms with Gasteiger partial charge >= 0.3 is 17.9 Å². The molecule has 1 atom stereocenters. The zero-order valence-electron chi connectivity index (χ0n) is 20.6. The number of carbonyl (C=O) groups is 4. The Kier molecular flexibility index (Phi) is 8.94. The number of hydrogen-bond acceptors (Lipinski definition) is 8. The fraction of sp³-hybridized carbons (Fsp3) is 0.560. The minimum atomic E-state index is -1.70. The predicted molar refractivity (Wildman–Crippen MR) is 120 cm³/mol. The third-order valence-corrected chi connectivity index (χ3v) is 5.42. The van der Waals surface area contributed by atoms with Crippen molar-refractivity contribution in [1.82, 2.24) is 0 Å². The minimum Gasteiger partial charge on any atom is -0.468 e. The van der Waals surface area contributed by atoms with Crippen molar-refractivity contribution >= 4 is 23.7 Å². The number of ether oxygens (including phenoxy) is 3. The number of methoxy groups -OCH3 is 2. The van der Waals surface area contributed by atoms with Gasteiger partial charge in [-0.3, -0.25) is 14.4 Å². The number of Topliss-reactive ketones (excluding diaryl/α,β-unsaturated/α-hetero) is 1. The predicted octanol–water partition coefficient (Wildman–Crippen LogP) is 3.83. The van der Waals surface area contributed by atoms with Gasteiger partial charge in [0.25, 0.3) is 0 Å². The average molecular weight is 460 g/mol. The first-order valence-corrected chi connectivity index (χ1v) is 10.5. The van der Waals surface area contributed by atoms with E-state index in [2.05, 4.69) is 6.07 Å². The topological polar surface area (TPSA) is 120 Å². The van der Waals surface area contributed by atoms with E-state index in [9.17, 15) is 24.4 Å². The molecule has 1 aromatic carbocycles. The summed E-state index contributed by atoms with van der Waals surface area (Å²) in [4.78, 5) is 49.8. The van der Waals surface area contributed by atoms with Crippen molar-refractivity contribution in [1.29, 1.82) is 5.26 Å². The summed E-state index contributed by atoms with van der Waals surface area (Å²) in [5, 5.41) is 9.72. The second-order valence-electron chi connectivity index (χ2n) is 9.87. The van der Waals surface area contributed by atoms with Crippen molar-refractivity contribution in [3.63, 3.8) is 0 Å². The van der Waals surface area contributed by atoms with E-state index < -0.39 is 40.1 Å². The lowest BCUT2D eigenvalue weighted by Crippen LogP contribution is -2.39. The second-order valence-corrected chi connectivity index (χ2v) is 9.87. The highest BCUT2D eigenvalue weighted by molar-refractivity contribution is 5.99. The lowest BCUT2D eigenvalue weighted by atomic mass is 9.75. The van der Waals surface area contributed by atoms with Gasteiger partial charge in [-0.1, -0.05) is 32.9 Å². The van der Waals surface area contributed by atoms with Crippen LogP contribution in [-0.2, 0) is 28.6 Å². The number of ketones is 1. The van der Waals surface area contributed by atoms with E-state index in [1.165, 1.54) is 19.1 Å². The fourth-order valence-electron chi connectivity index (χ4n) is 3.64. The lowest BCUT2D eigenvalue weighted by molar-refractivity contribution is -0.168. The second kappa shape index (κ2) is 10.6. The van der Waals surface area contributed by atoms with Crippen LogP contribution in [0.25, 0.3) is 0 Å². The van der Waals surface area contributed by atoms with Gasteiger partial charge in [0.1, 0.15) is 12.4 Å². The number of rotatable bonds is 9. The molecule has 8 heteroatoms. The van der Waals surface area contributed by atoms with E-state index in [0.717, 1.165) is 14.2 Å². The maximum atomic E-state index is 12.7. The van der Waals surface area contributed by atoms with E-state index in [1.807, 2.05) is 0 Å². The zero-order valence-corrected chi connectivity index (χ0v) is 20.6. The molecule has 0 saturated heterocycles. The van der Waals surface area contributed by atoms with E-state index in [0.29, 0.717) is 5.56 Å². The van der Waals surface area contributed by atoms with Gasteiger partial charge in [-0.25, -0.2) is 4.79 Å². The molecule has 0 aliphatic rings. The van der Waals surface area contributed by atoms with Crippen LogP contribution in [0.2, 0.25) is 0 Å². The molecule has 1 aromatic rings. The summed E-state index contributed by atoms with van der Waals surface area (Å²) in [5.41, 5.74) is -2.54. The molecule has 0 spiro atoms. The molecule has 180 valence electrons. The molecule has 0 aromatic heterocycles. The van der Waals surface area contributed by atoms with Crippen LogP contribution >= 0.6 is 0 Å². The fourth-order valence-corrected chi connectivity index (χ4v) is 3.64. The Bertz CT molecular complexity index is 934. The summed E-state index contributed by atoms with van der Waals surface area (Å²) in [7, 11) is 2.29. The van der Waals surface area contributed by atoms with Crippen LogP contribution in [0, 0.1) is 27.6 Å². The first-order chi connectivity index (χ1) is 15.1. The van der Waals surface area contributed by atoms with Gasteiger partial charge < -0.3 is 14.2 Å². The molecule has 0 bridgehead atoms. The third-order valence-electron chi connectivity index (χ3n) is 5.42. The van der Waals surface area contributed by atoms with Crippen molar-refractivity contribution in [2.75, 3.05) is 20.8 Å². The van der Waals surface area contributed by atoms with Crippen LogP contribution in [0.5, 0.6) is 0 Å². The number of nitriles is 1. The number of esters is 3. The van der Waals surface area contributed by atoms with Gasteiger partial charge in [0, 0.05) is 5.41 Å². The van der Waals surface area contributed by atoms with Gasteiger partial charge in [-0.2, -0.15) is 5.26 Å². The summed E-state index contributed by atoms with van der Waals surface area (Å²) < 4.78 is 14.9. The van der Waals surface area contributed by atoms with Crippen molar-refractivity contribution in [2.24, 2.45) is 16.2 Å². The van der Waals surface area contributed by atoms with Crippen molar-refractivity contribution in [3.05, 3.63) is 35.4 Å². The molecule has 8 nitrogen and oxygen atoms in total. The minimum absolute atomic E-state index is 0.0361. The Labute approximate surface area is 195 Å². The first kappa shape index (κ1) is 27.8. The van der Waals surface area contributed by atoms with Crippen LogP contribution < -0.4 is 0 Å². The van der Waals surface area contributed by atoms with Crippen LogP contribution in [0.3, 0.4) is 0 Å². The number of benzene rings is 1. The van der Waals surface area contributed by atoms with E-state index in [1.54, 1.807) is 46.8 Å². The molecule has 0 fully saturated rings. The normalized spacial score (nSPS) is 12.8. The van der Waals surface area contributed by atoms with Crippen LogP contribution in [0.1, 0.15) is 69.8 Å². The molecule has 0 aliphatic heterocycles. The number of carbonyl (C=O) groups excluding carboxylic acids is 4. The molecule has 0 aliphatic carbocycles. The molecule has 33 heavy (non-hydrogen) atoms. The Morgan fingerprint density at radius 1 is 0.970 bits per heavy atom. The summed E-state index contributed by atoms with van der Waals surface area (Å²) in [6.45, 7) is 10.1. The molecule has 1 rings (SSSR count). The lowest BCUT2D eigenvalue weighted by Gasteiger charge is -2.30.